The van der Waals surface area contributed by atoms with Crippen molar-refractivity contribution in [1.82, 2.24) is 9.97 Å². The quantitative estimate of drug-likeness (QED) is 0.801. The van der Waals surface area contributed by atoms with E-state index in [4.69, 9.17) is 9.47 Å². The number of nitrogens with zero attached hydrogens (tertiary/aromatic N) is 2. The van der Waals surface area contributed by atoms with Crippen molar-refractivity contribution in [3.8, 4) is 5.88 Å². The van der Waals surface area contributed by atoms with Crippen LogP contribution < -0.4 is 4.74 Å². The molecule has 1 fully saturated rings. The van der Waals surface area contributed by atoms with Gasteiger partial charge in [0.1, 0.15) is 17.0 Å². The van der Waals surface area contributed by atoms with Gasteiger partial charge in [0.05, 0.1) is 6.10 Å². The monoisotopic (exact) mass is 286 g/mol. The van der Waals surface area contributed by atoms with Crippen molar-refractivity contribution in [1.29, 1.82) is 0 Å². The van der Waals surface area contributed by atoms with E-state index in [1.807, 2.05) is 6.92 Å². The van der Waals surface area contributed by atoms with Crippen LogP contribution in [0.5, 0.6) is 5.88 Å². The second kappa shape index (κ2) is 5.59. The Bertz CT molecular complexity index is 334. The standard InChI is InChI=1S/C11H15BrN2O2/c1-8-13-10(12)6-11(14-8)16-7-9-4-2-3-5-15-9/h6,9H,2-5,7H2,1H3. The first kappa shape index (κ1) is 11.8. The molecule has 88 valence electrons. The number of rotatable bonds is 3. The lowest BCUT2D eigenvalue weighted by molar-refractivity contribution is -0.0120. The number of ether oxygens (including phenoxy) is 2. The van der Waals surface area contributed by atoms with Crippen LogP contribution in [0, 0.1) is 6.92 Å². The fourth-order valence-electron chi connectivity index (χ4n) is 1.70. The van der Waals surface area contributed by atoms with Crippen LogP contribution in [-0.4, -0.2) is 29.3 Å². The first-order valence-corrected chi connectivity index (χ1v) is 6.29. The van der Waals surface area contributed by atoms with E-state index in [0.717, 1.165) is 24.1 Å². The predicted molar refractivity (Wildman–Crippen MR) is 63.6 cm³/mol. The molecule has 5 heteroatoms. The molecule has 4 nitrogen and oxygen atoms in total. The molecule has 0 aliphatic carbocycles. The molecule has 1 aliphatic heterocycles. The third-order valence-corrected chi connectivity index (χ3v) is 2.88. The molecule has 1 aromatic rings. The highest BCUT2D eigenvalue weighted by atomic mass is 79.9. The second-order valence-corrected chi connectivity index (χ2v) is 4.69. The molecular formula is C11H15BrN2O2. The van der Waals surface area contributed by atoms with Crippen molar-refractivity contribution in [2.24, 2.45) is 0 Å². The first-order valence-electron chi connectivity index (χ1n) is 5.49. The Hall–Kier alpha value is -0.680. The van der Waals surface area contributed by atoms with E-state index in [-0.39, 0.29) is 6.10 Å². The van der Waals surface area contributed by atoms with Crippen molar-refractivity contribution in [3.63, 3.8) is 0 Å². The van der Waals surface area contributed by atoms with E-state index < -0.39 is 0 Å². The van der Waals surface area contributed by atoms with Gasteiger partial charge < -0.3 is 9.47 Å². The number of aromatic nitrogens is 2. The fourth-order valence-corrected chi connectivity index (χ4v) is 2.15. The lowest BCUT2D eigenvalue weighted by Crippen LogP contribution is -2.26. The summed E-state index contributed by atoms with van der Waals surface area (Å²) in [6.07, 6.45) is 3.67. The largest absolute Gasteiger partial charge is 0.475 e. The van der Waals surface area contributed by atoms with Gasteiger partial charge in [-0.25, -0.2) is 4.98 Å². The topological polar surface area (TPSA) is 44.2 Å². The molecule has 1 atom stereocenters. The minimum absolute atomic E-state index is 0.211. The number of halogens is 1. The molecule has 1 aromatic heterocycles. The second-order valence-electron chi connectivity index (χ2n) is 3.88. The van der Waals surface area contributed by atoms with Crippen LogP contribution in [0.4, 0.5) is 0 Å². The van der Waals surface area contributed by atoms with Crippen molar-refractivity contribution < 1.29 is 9.47 Å². The molecule has 0 bridgehead atoms. The summed E-state index contributed by atoms with van der Waals surface area (Å²) < 4.78 is 11.9. The van der Waals surface area contributed by atoms with Crippen LogP contribution in [0.25, 0.3) is 0 Å². The van der Waals surface area contributed by atoms with Gasteiger partial charge in [0, 0.05) is 12.7 Å². The van der Waals surface area contributed by atoms with Crippen LogP contribution in [0.15, 0.2) is 10.7 Å². The lowest BCUT2D eigenvalue weighted by Gasteiger charge is -2.22. The van der Waals surface area contributed by atoms with Gasteiger partial charge in [0.15, 0.2) is 0 Å². The van der Waals surface area contributed by atoms with Gasteiger partial charge in [-0.2, -0.15) is 4.98 Å². The lowest BCUT2D eigenvalue weighted by atomic mass is 10.1. The third kappa shape index (κ3) is 3.42. The van der Waals surface area contributed by atoms with Crippen molar-refractivity contribution >= 4 is 15.9 Å². The zero-order valence-corrected chi connectivity index (χ0v) is 10.9. The Labute approximate surface area is 104 Å². The average Bonchev–Trinajstić information content (AvgIpc) is 2.27. The van der Waals surface area contributed by atoms with Gasteiger partial charge in [-0.1, -0.05) is 0 Å². The molecule has 2 heterocycles. The summed E-state index contributed by atoms with van der Waals surface area (Å²) in [5, 5.41) is 0. The molecule has 0 aromatic carbocycles. The van der Waals surface area contributed by atoms with Crippen molar-refractivity contribution in [2.45, 2.75) is 32.3 Å². The van der Waals surface area contributed by atoms with Gasteiger partial charge in [-0.3, -0.25) is 0 Å². The molecule has 16 heavy (non-hydrogen) atoms. The van der Waals surface area contributed by atoms with Crippen LogP contribution >= 0.6 is 15.9 Å². The summed E-state index contributed by atoms with van der Waals surface area (Å²) in [4.78, 5) is 8.32. The molecule has 2 rings (SSSR count). The molecule has 0 amide bonds. The highest BCUT2D eigenvalue weighted by molar-refractivity contribution is 9.10. The fraction of sp³-hybridized carbons (Fsp3) is 0.636. The zero-order valence-electron chi connectivity index (χ0n) is 9.28. The van der Waals surface area contributed by atoms with Crippen LogP contribution in [0.1, 0.15) is 25.1 Å². The van der Waals surface area contributed by atoms with Crippen LogP contribution in [-0.2, 0) is 4.74 Å². The highest BCUT2D eigenvalue weighted by Gasteiger charge is 2.14. The summed E-state index contributed by atoms with van der Waals surface area (Å²) in [6, 6.07) is 1.77. The van der Waals surface area contributed by atoms with E-state index in [2.05, 4.69) is 25.9 Å². The maximum Gasteiger partial charge on any atom is 0.217 e. The predicted octanol–water partition coefficient (Wildman–Crippen LogP) is 2.50. The molecule has 0 spiro atoms. The summed E-state index contributed by atoms with van der Waals surface area (Å²) in [6.45, 7) is 3.26. The number of aryl methyl sites for hydroxylation is 1. The third-order valence-electron chi connectivity index (χ3n) is 2.47. The Balaban J connectivity index is 1.88. The summed E-state index contributed by atoms with van der Waals surface area (Å²) in [5.41, 5.74) is 0. The molecule has 1 aliphatic rings. The molecule has 0 N–H and O–H groups in total. The normalized spacial score (nSPS) is 20.8. The average molecular weight is 287 g/mol. The van der Waals surface area contributed by atoms with Gasteiger partial charge in [-0.15, -0.1) is 0 Å². The number of hydrogen-bond acceptors (Lipinski definition) is 4. The van der Waals surface area contributed by atoms with Gasteiger partial charge >= 0.3 is 0 Å². The SMILES string of the molecule is Cc1nc(Br)cc(OCC2CCCCO2)n1. The Kier molecular flexibility index (Phi) is 4.12. The molecule has 0 radical (unpaired) electrons. The van der Waals surface area contributed by atoms with Crippen LogP contribution in [0.3, 0.4) is 0 Å². The Morgan fingerprint density at radius 2 is 2.38 bits per heavy atom. The molecule has 1 saturated heterocycles. The minimum atomic E-state index is 0.211. The summed E-state index contributed by atoms with van der Waals surface area (Å²) in [7, 11) is 0. The molecular weight excluding hydrogens is 272 g/mol. The van der Waals surface area contributed by atoms with E-state index in [1.54, 1.807) is 6.07 Å². The Morgan fingerprint density at radius 1 is 1.50 bits per heavy atom. The number of hydrogen-bond donors (Lipinski definition) is 0. The van der Waals surface area contributed by atoms with Gasteiger partial charge in [0.2, 0.25) is 5.88 Å². The first-order chi connectivity index (χ1) is 7.74. The van der Waals surface area contributed by atoms with E-state index >= 15 is 0 Å². The summed E-state index contributed by atoms with van der Waals surface area (Å²) in [5.74, 6) is 1.31. The van der Waals surface area contributed by atoms with E-state index in [1.165, 1.54) is 6.42 Å². The van der Waals surface area contributed by atoms with Crippen molar-refractivity contribution in [2.75, 3.05) is 13.2 Å². The maximum absolute atomic E-state index is 5.60. The highest BCUT2D eigenvalue weighted by Crippen LogP contribution is 2.17. The molecule has 1 unspecified atom stereocenters. The van der Waals surface area contributed by atoms with Gasteiger partial charge in [0.25, 0.3) is 0 Å². The van der Waals surface area contributed by atoms with E-state index in [0.29, 0.717) is 18.3 Å². The van der Waals surface area contributed by atoms with Crippen LogP contribution in [0.2, 0.25) is 0 Å². The summed E-state index contributed by atoms with van der Waals surface area (Å²) >= 11 is 3.32. The van der Waals surface area contributed by atoms with Gasteiger partial charge in [-0.05, 0) is 42.1 Å². The maximum atomic E-state index is 5.60. The Morgan fingerprint density at radius 3 is 3.06 bits per heavy atom. The molecule has 0 saturated carbocycles. The zero-order chi connectivity index (χ0) is 11.4. The smallest absolute Gasteiger partial charge is 0.217 e. The van der Waals surface area contributed by atoms with E-state index in [9.17, 15) is 0 Å². The van der Waals surface area contributed by atoms with Crippen molar-refractivity contribution in [3.05, 3.63) is 16.5 Å². The minimum Gasteiger partial charge on any atom is -0.475 e.